The van der Waals surface area contributed by atoms with Crippen LogP contribution in [0.1, 0.15) is 16.8 Å². The summed E-state index contributed by atoms with van der Waals surface area (Å²) in [6.07, 6.45) is 3.50. The summed E-state index contributed by atoms with van der Waals surface area (Å²) >= 11 is 1.63. The van der Waals surface area contributed by atoms with E-state index >= 15 is 0 Å². The molecule has 0 aliphatic carbocycles. The van der Waals surface area contributed by atoms with Gasteiger partial charge in [-0.15, -0.1) is 0 Å². The first kappa shape index (κ1) is 12.1. The van der Waals surface area contributed by atoms with Gasteiger partial charge in [0.05, 0.1) is 18.1 Å². The first-order valence-electron chi connectivity index (χ1n) is 5.45. The molecule has 17 heavy (non-hydrogen) atoms. The Balaban J connectivity index is 2.22. The van der Waals surface area contributed by atoms with E-state index in [9.17, 15) is 0 Å². The molecule has 0 radical (unpaired) electrons. The molecular weight excluding hydrogens is 230 g/mol. The molecule has 0 amide bonds. The third-order valence-electron chi connectivity index (χ3n) is 2.45. The second-order valence-corrected chi connectivity index (χ2v) is 4.98. The van der Waals surface area contributed by atoms with Crippen molar-refractivity contribution in [2.45, 2.75) is 30.3 Å². The number of aryl methyl sites for hydroxylation is 2. The molecule has 0 saturated carbocycles. The molecule has 0 saturated heterocycles. The largest absolute Gasteiger partial charge is 0.325 e. The monoisotopic (exact) mass is 245 g/mol. The van der Waals surface area contributed by atoms with Crippen molar-refractivity contribution in [3.8, 4) is 0 Å². The molecule has 4 heteroatoms. The summed E-state index contributed by atoms with van der Waals surface area (Å²) < 4.78 is 0. The zero-order valence-electron chi connectivity index (χ0n) is 9.97. The van der Waals surface area contributed by atoms with Crippen LogP contribution in [0.3, 0.4) is 0 Å². The lowest BCUT2D eigenvalue weighted by Gasteiger charge is -2.06. The maximum Gasteiger partial charge on any atom is 0.119 e. The van der Waals surface area contributed by atoms with Gasteiger partial charge in [-0.25, -0.2) is 4.98 Å². The standard InChI is InChI=1S/C13H15N3S/c1-9-3-4-10(2)12(5-9)17-13-8-15-11(6-14)7-16-13/h3-5,7-8H,6,14H2,1-2H3. The summed E-state index contributed by atoms with van der Waals surface area (Å²) in [4.78, 5) is 9.80. The van der Waals surface area contributed by atoms with Gasteiger partial charge in [0.15, 0.2) is 0 Å². The lowest BCUT2D eigenvalue weighted by molar-refractivity contribution is 0.923. The second kappa shape index (κ2) is 5.29. The van der Waals surface area contributed by atoms with Gasteiger partial charge < -0.3 is 5.73 Å². The fraction of sp³-hybridized carbons (Fsp3) is 0.231. The van der Waals surface area contributed by atoms with Crippen molar-refractivity contribution in [1.82, 2.24) is 9.97 Å². The predicted molar refractivity (Wildman–Crippen MR) is 70.0 cm³/mol. The highest BCUT2D eigenvalue weighted by Gasteiger charge is 2.03. The molecule has 1 heterocycles. The zero-order valence-corrected chi connectivity index (χ0v) is 10.8. The van der Waals surface area contributed by atoms with Crippen LogP contribution in [0.4, 0.5) is 0 Å². The summed E-state index contributed by atoms with van der Waals surface area (Å²) in [5, 5.41) is 0.899. The summed E-state index contributed by atoms with van der Waals surface area (Å²) in [5.74, 6) is 0. The topological polar surface area (TPSA) is 51.8 Å². The highest BCUT2D eigenvalue weighted by Crippen LogP contribution is 2.28. The first-order valence-corrected chi connectivity index (χ1v) is 6.27. The van der Waals surface area contributed by atoms with Crippen LogP contribution in [0.5, 0.6) is 0 Å². The fourth-order valence-corrected chi connectivity index (χ4v) is 2.34. The van der Waals surface area contributed by atoms with Crippen LogP contribution in [-0.4, -0.2) is 9.97 Å². The van der Waals surface area contributed by atoms with Crippen molar-refractivity contribution in [2.24, 2.45) is 5.73 Å². The molecule has 0 aliphatic rings. The number of nitrogens with zero attached hydrogens (tertiary/aromatic N) is 2. The zero-order chi connectivity index (χ0) is 12.3. The molecule has 0 aliphatic heterocycles. The minimum Gasteiger partial charge on any atom is -0.325 e. The van der Waals surface area contributed by atoms with E-state index in [2.05, 4.69) is 42.0 Å². The molecule has 2 N–H and O–H groups in total. The Kier molecular flexibility index (Phi) is 3.76. The molecule has 2 aromatic rings. The molecule has 0 fully saturated rings. The first-order chi connectivity index (χ1) is 8.19. The van der Waals surface area contributed by atoms with Gasteiger partial charge in [-0.1, -0.05) is 23.9 Å². The molecule has 1 aromatic carbocycles. The maximum atomic E-state index is 5.49. The van der Waals surface area contributed by atoms with Gasteiger partial charge in [-0.05, 0) is 31.0 Å². The predicted octanol–water partition coefficient (Wildman–Crippen LogP) is 2.70. The van der Waals surface area contributed by atoms with Crippen LogP contribution in [0, 0.1) is 13.8 Å². The van der Waals surface area contributed by atoms with Crippen molar-refractivity contribution in [3.63, 3.8) is 0 Å². The normalized spacial score (nSPS) is 10.5. The van der Waals surface area contributed by atoms with Gasteiger partial charge in [0, 0.05) is 11.4 Å². The van der Waals surface area contributed by atoms with Crippen LogP contribution >= 0.6 is 11.8 Å². The Morgan fingerprint density at radius 2 is 2.00 bits per heavy atom. The molecule has 0 spiro atoms. The average molecular weight is 245 g/mol. The Morgan fingerprint density at radius 3 is 2.65 bits per heavy atom. The SMILES string of the molecule is Cc1ccc(C)c(Sc2cnc(CN)cn2)c1. The molecule has 1 aromatic heterocycles. The van der Waals surface area contributed by atoms with E-state index in [0.717, 1.165) is 10.7 Å². The van der Waals surface area contributed by atoms with Crippen LogP contribution in [0.2, 0.25) is 0 Å². The lowest BCUT2D eigenvalue weighted by Crippen LogP contribution is -2.00. The minimum atomic E-state index is 0.432. The average Bonchev–Trinajstić information content (AvgIpc) is 2.35. The molecular formula is C13H15N3S. The van der Waals surface area contributed by atoms with Gasteiger partial charge in [0.2, 0.25) is 0 Å². The van der Waals surface area contributed by atoms with E-state index < -0.39 is 0 Å². The van der Waals surface area contributed by atoms with E-state index in [-0.39, 0.29) is 0 Å². The van der Waals surface area contributed by atoms with Crippen LogP contribution in [0.15, 0.2) is 40.5 Å². The molecule has 88 valence electrons. The highest BCUT2D eigenvalue weighted by molar-refractivity contribution is 7.99. The molecule has 2 rings (SSSR count). The summed E-state index contributed by atoms with van der Waals surface area (Å²) in [6.45, 7) is 4.62. The number of nitrogens with two attached hydrogens (primary N) is 1. The second-order valence-electron chi connectivity index (χ2n) is 3.92. The number of rotatable bonds is 3. The van der Waals surface area contributed by atoms with Crippen molar-refractivity contribution in [3.05, 3.63) is 47.4 Å². The Bertz CT molecular complexity index is 509. The van der Waals surface area contributed by atoms with Crippen molar-refractivity contribution in [1.29, 1.82) is 0 Å². The number of benzene rings is 1. The van der Waals surface area contributed by atoms with Gasteiger partial charge in [0.1, 0.15) is 5.03 Å². The van der Waals surface area contributed by atoms with E-state index in [1.54, 1.807) is 24.2 Å². The summed E-state index contributed by atoms with van der Waals surface area (Å²) in [6, 6.07) is 6.40. The Hall–Kier alpha value is -1.39. The smallest absolute Gasteiger partial charge is 0.119 e. The summed E-state index contributed by atoms with van der Waals surface area (Å²) in [7, 11) is 0. The number of hydrogen-bond acceptors (Lipinski definition) is 4. The maximum absolute atomic E-state index is 5.49. The molecule has 0 unspecified atom stereocenters. The third-order valence-corrected chi connectivity index (χ3v) is 3.53. The van der Waals surface area contributed by atoms with Crippen molar-refractivity contribution < 1.29 is 0 Å². The molecule has 0 bridgehead atoms. The quantitative estimate of drug-likeness (QED) is 0.903. The number of aromatic nitrogens is 2. The Morgan fingerprint density at radius 1 is 1.18 bits per heavy atom. The van der Waals surface area contributed by atoms with Gasteiger partial charge in [-0.3, -0.25) is 4.98 Å². The van der Waals surface area contributed by atoms with Crippen LogP contribution in [-0.2, 0) is 6.54 Å². The fourth-order valence-electron chi connectivity index (χ4n) is 1.43. The summed E-state index contributed by atoms with van der Waals surface area (Å²) in [5.41, 5.74) is 8.81. The van der Waals surface area contributed by atoms with E-state index in [1.807, 2.05) is 0 Å². The molecule has 0 atom stereocenters. The van der Waals surface area contributed by atoms with E-state index in [4.69, 9.17) is 5.73 Å². The highest BCUT2D eigenvalue weighted by atomic mass is 32.2. The van der Waals surface area contributed by atoms with Gasteiger partial charge >= 0.3 is 0 Å². The van der Waals surface area contributed by atoms with Crippen molar-refractivity contribution >= 4 is 11.8 Å². The third kappa shape index (κ3) is 3.05. The van der Waals surface area contributed by atoms with Crippen LogP contribution in [0.25, 0.3) is 0 Å². The number of hydrogen-bond donors (Lipinski definition) is 1. The Labute approximate surface area is 105 Å². The van der Waals surface area contributed by atoms with Crippen molar-refractivity contribution in [2.75, 3.05) is 0 Å². The van der Waals surface area contributed by atoms with Gasteiger partial charge in [-0.2, -0.15) is 0 Å². The minimum absolute atomic E-state index is 0.432. The van der Waals surface area contributed by atoms with Crippen LogP contribution < -0.4 is 5.73 Å². The van der Waals surface area contributed by atoms with Gasteiger partial charge in [0.25, 0.3) is 0 Å². The van der Waals surface area contributed by atoms with E-state index in [1.165, 1.54) is 16.0 Å². The van der Waals surface area contributed by atoms with E-state index in [0.29, 0.717) is 6.54 Å². The lowest BCUT2D eigenvalue weighted by atomic mass is 10.2. The molecule has 3 nitrogen and oxygen atoms in total.